The van der Waals surface area contributed by atoms with Gasteiger partial charge in [-0.05, 0) is 25.0 Å². The molecule has 0 saturated heterocycles. The van der Waals surface area contributed by atoms with Crippen molar-refractivity contribution in [1.29, 1.82) is 0 Å². The van der Waals surface area contributed by atoms with E-state index in [9.17, 15) is 0 Å². The molecule has 1 heteroatoms. The summed E-state index contributed by atoms with van der Waals surface area (Å²) in [5.74, 6) is 0. The number of hydrogen-bond acceptors (Lipinski definition) is 1. The second-order valence-electron chi connectivity index (χ2n) is 2.25. The summed E-state index contributed by atoms with van der Waals surface area (Å²) in [5.41, 5.74) is 2.41. The SMILES string of the molecule is C=C/C(NC)=C(\C=C/C)CC. The Bertz CT molecular complexity index is 175. The van der Waals surface area contributed by atoms with Crippen molar-refractivity contribution < 1.29 is 0 Å². The van der Waals surface area contributed by atoms with Crippen LogP contribution in [0.25, 0.3) is 0 Å². The first-order valence-electron chi connectivity index (χ1n) is 3.96. The van der Waals surface area contributed by atoms with E-state index in [1.54, 1.807) is 0 Å². The van der Waals surface area contributed by atoms with Crippen LogP contribution in [0, 0.1) is 0 Å². The molecule has 0 aromatic rings. The predicted molar refractivity (Wildman–Crippen MR) is 51.4 cm³/mol. The number of nitrogens with one attached hydrogen (secondary N) is 1. The topological polar surface area (TPSA) is 12.0 Å². The minimum absolute atomic E-state index is 1.03. The van der Waals surface area contributed by atoms with E-state index in [1.807, 2.05) is 26.1 Å². The van der Waals surface area contributed by atoms with Crippen LogP contribution in [0.3, 0.4) is 0 Å². The normalized spacial score (nSPS) is 13.0. The van der Waals surface area contributed by atoms with Crippen molar-refractivity contribution in [3.8, 4) is 0 Å². The number of likely N-dealkylation sites (N-methyl/N-ethyl adjacent to an activating group) is 1. The molecule has 0 aliphatic heterocycles. The molecule has 1 nitrogen and oxygen atoms in total. The lowest BCUT2D eigenvalue weighted by Crippen LogP contribution is -2.05. The molecule has 0 unspecified atom stereocenters. The second-order valence-corrected chi connectivity index (χ2v) is 2.25. The first kappa shape index (κ1) is 10.0. The van der Waals surface area contributed by atoms with E-state index in [0.717, 1.165) is 12.1 Å². The summed E-state index contributed by atoms with van der Waals surface area (Å²) < 4.78 is 0. The Hall–Kier alpha value is -0.980. The smallest absolute Gasteiger partial charge is 0.0363 e. The fourth-order valence-corrected chi connectivity index (χ4v) is 0.993. The van der Waals surface area contributed by atoms with E-state index in [4.69, 9.17) is 0 Å². The maximum atomic E-state index is 3.73. The van der Waals surface area contributed by atoms with Crippen molar-refractivity contribution in [1.82, 2.24) is 5.32 Å². The Morgan fingerprint density at radius 1 is 1.55 bits per heavy atom. The summed E-state index contributed by atoms with van der Waals surface area (Å²) in [7, 11) is 1.91. The Morgan fingerprint density at radius 2 is 2.18 bits per heavy atom. The zero-order chi connectivity index (χ0) is 8.69. The summed E-state index contributed by atoms with van der Waals surface area (Å²) in [4.78, 5) is 0. The summed E-state index contributed by atoms with van der Waals surface area (Å²) in [6, 6.07) is 0. The first-order valence-corrected chi connectivity index (χ1v) is 3.96. The predicted octanol–water partition coefficient (Wildman–Crippen LogP) is 2.63. The highest BCUT2D eigenvalue weighted by atomic mass is 14.8. The molecule has 0 bridgehead atoms. The summed E-state index contributed by atoms with van der Waals surface area (Å²) >= 11 is 0. The molecule has 0 aliphatic carbocycles. The molecule has 0 atom stereocenters. The maximum Gasteiger partial charge on any atom is 0.0363 e. The Morgan fingerprint density at radius 3 is 2.45 bits per heavy atom. The van der Waals surface area contributed by atoms with Gasteiger partial charge in [0.1, 0.15) is 0 Å². The Kier molecular flexibility index (Phi) is 5.26. The molecule has 62 valence electrons. The molecular formula is C10H17N. The van der Waals surface area contributed by atoms with Crippen LogP contribution in [0.15, 0.2) is 36.1 Å². The fraction of sp³-hybridized carbons (Fsp3) is 0.400. The molecule has 0 amide bonds. The third-order valence-electron chi connectivity index (χ3n) is 1.57. The van der Waals surface area contributed by atoms with Crippen LogP contribution >= 0.6 is 0 Å². The van der Waals surface area contributed by atoms with Gasteiger partial charge in [-0.2, -0.15) is 0 Å². The van der Waals surface area contributed by atoms with Crippen molar-refractivity contribution >= 4 is 0 Å². The minimum Gasteiger partial charge on any atom is -0.388 e. The number of hydrogen-bond donors (Lipinski definition) is 1. The van der Waals surface area contributed by atoms with Crippen molar-refractivity contribution in [2.75, 3.05) is 7.05 Å². The van der Waals surface area contributed by atoms with Crippen LogP contribution in [0.2, 0.25) is 0 Å². The van der Waals surface area contributed by atoms with Crippen molar-refractivity contribution in [2.24, 2.45) is 0 Å². The second kappa shape index (κ2) is 5.78. The number of allylic oxidation sites excluding steroid dienone is 4. The fourth-order valence-electron chi connectivity index (χ4n) is 0.993. The minimum atomic E-state index is 1.03. The molecule has 0 aromatic carbocycles. The highest BCUT2D eigenvalue weighted by molar-refractivity contribution is 5.30. The van der Waals surface area contributed by atoms with Gasteiger partial charge in [0.05, 0.1) is 0 Å². The van der Waals surface area contributed by atoms with Crippen LogP contribution < -0.4 is 5.32 Å². The first-order chi connectivity index (χ1) is 5.29. The zero-order valence-electron chi connectivity index (χ0n) is 7.65. The van der Waals surface area contributed by atoms with Crippen LogP contribution in [0.4, 0.5) is 0 Å². The summed E-state index contributed by atoms with van der Waals surface area (Å²) in [6.45, 7) is 7.88. The molecular weight excluding hydrogens is 134 g/mol. The van der Waals surface area contributed by atoms with Gasteiger partial charge in [-0.3, -0.25) is 0 Å². The lowest BCUT2D eigenvalue weighted by Gasteiger charge is -2.05. The van der Waals surface area contributed by atoms with Gasteiger partial charge in [0.2, 0.25) is 0 Å². The van der Waals surface area contributed by atoms with Gasteiger partial charge >= 0.3 is 0 Å². The molecule has 0 saturated carbocycles. The van der Waals surface area contributed by atoms with E-state index in [-0.39, 0.29) is 0 Å². The third-order valence-corrected chi connectivity index (χ3v) is 1.57. The van der Waals surface area contributed by atoms with Gasteiger partial charge in [-0.15, -0.1) is 0 Å². The molecule has 0 heterocycles. The Labute approximate surface area is 69.5 Å². The molecule has 0 aliphatic rings. The average Bonchev–Trinajstić information content (AvgIpc) is 2.05. The van der Waals surface area contributed by atoms with Gasteiger partial charge in [0, 0.05) is 12.7 Å². The monoisotopic (exact) mass is 151 g/mol. The van der Waals surface area contributed by atoms with E-state index in [2.05, 4.69) is 24.9 Å². The highest BCUT2D eigenvalue weighted by Gasteiger charge is 1.93. The van der Waals surface area contributed by atoms with Gasteiger partial charge in [-0.25, -0.2) is 0 Å². The molecule has 1 N–H and O–H groups in total. The lowest BCUT2D eigenvalue weighted by atomic mass is 10.1. The van der Waals surface area contributed by atoms with Gasteiger partial charge in [-0.1, -0.05) is 25.7 Å². The average molecular weight is 151 g/mol. The van der Waals surface area contributed by atoms with Crippen molar-refractivity contribution in [2.45, 2.75) is 20.3 Å². The van der Waals surface area contributed by atoms with E-state index < -0.39 is 0 Å². The van der Waals surface area contributed by atoms with E-state index >= 15 is 0 Å². The molecule has 0 rings (SSSR count). The van der Waals surface area contributed by atoms with Gasteiger partial charge in [0.15, 0.2) is 0 Å². The van der Waals surface area contributed by atoms with Crippen molar-refractivity contribution in [3.63, 3.8) is 0 Å². The zero-order valence-corrected chi connectivity index (χ0v) is 7.65. The lowest BCUT2D eigenvalue weighted by molar-refractivity contribution is 0.978. The molecule has 0 spiro atoms. The Balaban J connectivity index is 4.61. The van der Waals surface area contributed by atoms with Crippen LogP contribution in [-0.2, 0) is 0 Å². The van der Waals surface area contributed by atoms with Crippen LogP contribution in [0.5, 0.6) is 0 Å². The number of rotatable bonds is 4. The van der Waals surface area contributed by atoms with Crippen molar-refractivity contribution in [3.05, 3.63) is 36.1 Å². The largest absolute Gasteiger partial charge is 0.388 e. The molecule has 0 aromatic heterocycles. The summed E-state index contributed by atoms with van der Waals surface area (Å²) in [6.07, 6.45) is 7.03. The highest BCUT2D eigenvalue weighted by Crippen LogP contribution is 2.08. The van der Waals surface area contributed by atoms with Crippen LogP contribution in [0.1, 0.15) is 20.3 Å². The third kappa shape index (κ3) is 3.08. The summed E-state index contributed by atoms with van der Waals surface area (Å²) in [5, 5.41) is 3.10. The van der Waals surface area contributed by atoms with Crippen LogP contribution in [-0.4, -0.2) is 7.05 Å². The van der Waals surface area contributed by atoms with Gasteiger partial charge < -0.3 is 5.32 Å². The van der Waals surface area contributed by atoms with Gasteiger partial charge in [0.25, 0.3) is 0 Å². The molecule has 0 radical (unpaired) electrons. The quantitative estimate of drug-likeness (QED) is 0.609. The van der Waals surface area contributed by atoms with E-state index in [1.165, 1.54) is 5.57 Å². The molecule has 11 heavy (non-hydrogen) atoms. The standard InChI is InChI=1S/C10H17N/c1-5-8-9(6-2)10(7-3)11-4/h5,7-8,11H,3,6H2,1-2,4H3/b8-5-,10-9+. The van der Waals surface area contributed by atoms with E-state index in [0.29, 0.717) is 0 Å². The maximum absolute atomic E-state index is 3.73. The molecule has 0 fully saturated rings.